The van der Waals surface area contributed by atoms with Crippen molar-refractivity contribution in [3.8, 4) is 33.4 Å². The van der Waals surface area contributed by atoms with Crippen LogP contribution in [0.3, 0.4) is 0 Å². The Hall–Kier alpha value is -5.80. The van der Waals surface area contributed by atoms with Crippen LogP contribution in [0.2, 0.25) is 0 Å². The molecule has 0 N–H and O–H groups in total. The molecule has 1 aliphatic carbocycles. The summed E-state index contributed by atoms with van der Waals surface area (Å²) in [6.07, 6.45) is 0. The fourth-order valence-corrected chi connectivity index (χ4v) is 10.8. The first kappa shape index (κ1) is 42.2. The molecule has 0 amide bonds. The molecule has 10 rings (SSSR count). The largest absolute Gasteiger partial charge is 0.376 e. The normalized spacial score (nSPS) is 15.1. The maximum Gasteiger partial charge on any atom is 0.333 e. The molecule has 2 heterocycles. The molecule has 0 spiro atoms. The number of fused-ring (bicyclic) bond motifs is 7. The van der Waals surface area contributed by atoms with Crippen molar-refractivity contribution >= 4 is 46.2 Å². The average molecular weight is 837 g/mol. The topological polar surface area (TPSA) is 6.48 Å². The van der Waals surface area contributed by atoms with Gasteiger partial charge in [0.15, 0.2) is 0 Å². The summed E-state index contributed by atoms with van der Waals surface area (Å²) in [5.41, 5.74) is 24.5. The summed E-state index contributed by atoms with van der Waals surface area (Å²) in [5.74, 6) is 0. The van der Waals surface area contributed by atoms with Crippen LogP contribution in [0.4, 0.5) is 28.4 Å². The predicted octanol–water partition coefficient (Wildman–Crippen LogP) is 15.6. The van der Waals surface area contributed by atoms with E-state index in [2.05, 4.69) is 246 Å². The van der Waals surface area contributed by atoms with Crippen LogP contribution in [0, 0.1) is 0 Å². The van der Waals surface area contributed by atoms with Crippen molar-refractivity contribution in [1.82, 2.24) is 0 Å². The summed E-state index contributed by atoms with van der Waals surface area (Å²) in [6.45, 7) is 32.8. The quantitative estimate of drug-likeness (QED) is 0.164. The lowest BCUT2D eigenvalue weighted by Gasteiger charge is -2.47. The minimum atomic E-state index is -0.167. The molecule has 0 radical (unpaired) electrons. The first-order chi connectivity index (χ1) is 30.0. The molecule has 0 saturated heterocycles. The van der Waals surface area contributed by atoms with Crippen molar-refractivity contribution in [2.24, 2.45) is 0 Å². The number of nitrogens with zero attached hydrogens (tertiary/aromatic N) is 2. The van der Waals surface area contributed by atoms with E-state index < -0.39 is 0 Å². The fourth-order valence-electron chi connectivity index (χ4n) is 10.8. The lowest BCUT2D eigenvalue weighted by molar-refractivity contribution is 0.589. The lowest BCUT2D eigenvalue weighted by atomic mass is 9.43. The highest BCUT2D eigenvalue weighted by Gasteiger charge is 2.48. The highest BCUT2D eigenvalue weighted by molar-refractivity contribution is 6.93. The number of rotatable bonds is 3. The minimum Gasteiger partial charge on any atom is -0.376 e. The van der Waals surface area contributed by atoms with E-state index in [4.69, 9.17) is 0 Å². The minimum absolute atomic E-state index is 0.0208. The van der Waals surface area contributed by atoms with Crippen LogP contribution in [-0.4, -0.2) is 6.85 Å². The monoisotopic (exact) mass is 837 g/mol. The molecule has 2 aliphatic heterocycles. The Bertz CT molecular complexity index is 3000. The van der Waals surface area contributed by atoms with Gasteiger partial charge in [0, 0.05) is 39.3 Å². The van der Waals surface area contributed by atoms with Gasteiger partial charge in [-0.15, -0.1) is 0 Å². The van der Waals surface area contributed by atoms with Gasteiger partial charge in [0.1, 0.15) is 0 Å². The number of benzene rings is 7. The van der Waals surface area contributed by atoms with E-state index in [1.807, 2.05) is 0 Å². The van der Waals surface area contributed by atoms with Gasteiger partial charge < -0.3 is 9.71 Å². The van der Waals surface area contributed by atoms with E-state index in [9.17, 15) is 0 Å². The van der Waals surface area contributed by atoms with Crippen molar-refractivity contribution in [2.45, 2.75) is 124 Å². The van der Waals surface area contributed by atoms with Gasteiger partial charge in [0.05, 0.1) is 5.69 Å². The van der Waals surface area contributed by atoms with Crippen LogP contribution in [-0.2, 0) is 27.1 Å². The molecule has 0 saturated carbocycles. The summed E-state index contributed by atoms with van der Waals surface area (Å²) in [4.78, 5) is 5.37. The Balaban J connectivity index is 1.38. The van der Waals surface area contributed by atoms with Crippen molar-refractivity contribution in [1.29, 1.82) is 0 Å². The van der Waals surface area contributed by atoms with Crippen LogP contribution in [0.25, 0.3) is 33.4 Å². The molecule has 0 atom stereocenters. The van der Waals surface area contributed by atoms with Crippen LogP contribution in [0.5, 0.6) is 0 Å². The third kappa shape index (κ3) is 6.59. The van der Waals surface area contributed by atoms with E-state index in [0.29, 0.717) is 0 Å². The molecular formula is C61H65BN2. The molecule has 3 aliphatic rings. The predicted molar refractivity (Wildman–Crippen MR) is 278 cm³/mol. The molecule has 322 valence electrons. The van der Waals surface area contributed by atoms with Gasteiger partial charge in [-0.1, -0.05) is 194 Å². The maximum atomic E-state index is 2.71. The first-order valence-corrected chi connectivity index (χ1v) is 23.5. The molecule has 0 unspecified atom stereocenters. The third-order valence-corrected chi connectivity index (χ3v) is 14.7. The number of hydrogen-bond acceptors (Lipinski definition) is 2. The molecule has 0 fully saturated rings. The Labute approximate surface area is 384 Å². The number of anilines is 5. The van der Waals surface area contributed by atoms with Crippen molar-refractivity contribution in [3.05, 3.63) is 173 Å². The van der Waals surface area contributed by atoms with Crippen molar-refractivity contribution in [2.75, 3.05) is 9.71 Å². The summed E-state index contributed by atoms with van der Waals surface area (Å²) in [5, 5.41) is 0. The average Bonchev–Trinajstić information content (AvgIpc) is 3.46. The van der Waals surface area contributed by atoms with Gasteiger partial charge >= 0.3 is 6.85 Å². The standard InChI is InChI=1S/C61H65BN2/c1-57(2,3)39-24-28-43(29-25-39)64-53-34-41(59(7,8)9)26-30-45(53)48-33-42(60(10,11)12)35-55-56(48)62(64)51-37-50-47(44-22-18-19-23-49(44)61(50,13)14)36-54(51)63(55)52-31-27-40(58(4,5)6)32-46(52)38-20-16-15-17-21-38/h15-37H,1-14H3. The first-order valence-electron chi connectivity index (χ1n) is 23.5. The van der Waals surface area contributed by atoms with Crippen molar-refractivity contribution < 1.29 is 0 Å². The fraction of sp³-hybridized carbons (Fsp3) is 0.311. The Morgan fingerprint density at radius 3 is 1.61 bits per heavy atom. The van der Waals surface area contributed by atoms with Crippen LogP contribution >= 0.6 is 0 Å². The van der Waals surface area contributed by atoms with E-state index >= 15 is 0 Å². The van der Waals surface area contributed by atoms with Crippen LogP contribution in [0.15, 0.2) is 140 Å². The van der Waals surface area contributed by atoms with Crippen LogP contribution in [0.1, 0.15) is 130 Å². The van der Waals surface area contributed by atoms with Gasteiger partial charge in [-0.25, -0.2) is 0 Å². The third-order valence-electron chi connectivity index (χ3n) is 14.7. The highest BCUT2D eigenvalue weighted by Crippen LogP contribution is 2.54. The van der Waals surface area contributed by atoms with E-state index in [1.165, 1.54) is 106 Å². The molecular weight excluding hydrogens is 771 g/mol. The number of hydrogen-bond donors (Lipinski definition) is 0. The van der Waals surface area contributed by atoms with E-state index in [0.717, 1.165) is 0 Å². The SMILES string of the molecule is CC(C)(C)c1ccc(N2B3c4cc5c(cc4N(c4ccc(C(C)(C)C)cc4-c4ccccc4)c4cc(C(C)(C)C)cc(c43)-c3ccc(C(C)(C)C)cc32)-c2ccccc2C5(C)C)cc1. The summed E-state index contributed by atoms with van der Waals surface area (Å²) < 4.78 is 0. The Kier molecular flexibility index (Phi) is 9.29. The Morgan fingerprint density at radius 1 is 0.391 bits per heavy atom. The maximum absolute atomic E-state index is 2.71. The molecule has 0 bridgehead atoms. The molecule has 7 aromatic rings. The molecule has 2 nitrogen and oxygen atoms in total. The summed E-state index contributed by atoms with van der Waals surface area (Å²) in [6, 6.07) is 54.6. The zero-order valence-electron chi connectivity index (χ0n) is 40.8. The summed E-state index contributed by atoms with van der Waals surface area (Å²) >= 11 is 0. The summed E-state index contributed by atoms with van der Waals surface area (Å²) in [7, 11) is 0. The lowest BCUT2D eigenvalue weighted by Crippen LogP contribution is -2.62. The van der Waals surface area contributed by atoms with Crippen LogP contribution < -0.4 is 20.6 Å². The van der Waals surface area contributed by atoms with Gasteiger partial charge in [-0.2, -0.15) is 0 Å². The molecule has 64 heavy (non-hydrogen) atoms. The zero-order chi connectivity index (χ0) is 45.5. The van der Waals surface area contributed by atoms with Gasteiger partial charge in [-0.05, 0) is 131 Å². The second-order valence-corrected chi connectivity index (χ2v) is 23.6. The van der Waals surface area contributed by atoms with Gasteiger partial charge in [-0.3, -0.25) is 0 Å². The van der Waals surface area contributed by atoms with Crippen molar-refractivity contribution in [3.63, 3.8) is 0 Å². The van der Waals surface area contributed by atoms with Gasteiger partial charge in [0.2, 0.25) is 0 Å². The van der Waals surface area contributed by atoms with E-state index in [-0.39, 0.29) is 33.9 Å². The molecule has 0 aromatic heterocycles. The highest BCUT2D eigenvalue weighted by atomic mass is 15.2. The molecule has 7 aromatic carbocycles. The second kappa shape index (κ2) is 14.1. The Morgan fingerprint density at radius 2 is 0.953 bits per heavy atom. The smallest absolute Gasteiger partial charge is 0.333 e. The van der Waals surface area contributed by atoms with E-state index in [1.54, 1.807) is 0 Å². The second-order valence-electron chi connectivity index (χ2n) is 23.6. The molecule has 3 heteroatoms. The zero-order valence-corrected chi connectivity index (χ0v) is 40.8. The van der Waals surface area contributed by atoms with Gasteiger partial charge in [0.25, 0.3) is 0 Å².